The Kier molecular flexibility index (Phi) is 6.39. The van der Waals surface area contributed by atoms with Crippen molar-refractivity contribution in [3.8, 4) is 33.6 Å². The van der Waals surface area contributed by atoms with E-state index in [1.165, 1.54) is 6.07 Å². The second-order valence-electron chi connectivity index (χ2n) is 9.25. The number of hydrogen-bond donors (Lipinski definition) is 1. The normalized spacial score (nSPS) is 14.4. The van der Waals surface area contributed by atoms with Crippen molar-refractivity contribution in [2.75, 3.05) is 44.2 Å². The smallest absolute Gasteiger partial charge is 0.166 e. The van der Waals surface area contributed by atoms with E-state index >= 15 is 0 Å². The van der Waals surface area contributed by atoms with Crippen LogP contribution in [0.1, 0.15) is 0 Å². The summed E-state index contributed by atoms with van der Waals surface area (Å²) >= 11 is 0. The third kappa shape index (κ3) is 4.59. The van der Waals surface area contributed by atoms with Gasteiger partial charge in [0.25, 0.3) is 0 Å². The van der Waals surface area contributed by atoms with Gasteiger partial charge in [0.05, 0.1) is 17.9 Å². The maximum Gasteiger partial charge on any atom is 0.166 e. The lowest BCUT2D eigenvalue weighted by Gasteiger charge is -2.35. The van der Waals surface area contributed by atoms with Gasteiger partial charge in [-0.05, 0) is 17.7 Å². The quantitative estimate of drug-likeness (QED) is 0.362. The Hall–Kier alpha value is -4.07. The van der Waals surface area contributed by atoms with E-state index in [9.17, 15) is 9.50 Å². The molecule has 1 N–H and O–H groups in total. The summed E-state index contributed by atoms with van der Waals surface area (Å²) < 4.78 is 16.3. The molecule has 1 saturated heterocycles. The first-order valence-corrected chi connectivity index (χ1v) is 12.6. The molecular formula is C30H28FN5O. The first-order valence-electron chi connectivity index (χ1n) is 12.6. The van der Waals surface area contributed by atoms with E-state index in [-0.39, 0.29) is 12.4 Å². The first-order chi connectivity index (χ1) is 18.2. The van der Waals surface area contributed by atoms with Crippen molar-refractivity contribution in [2.45, 2.75) is 0 Å². The maximum absolute atomic E-state index is 14.4. The number of aliphatic hydroxyl groups is 1. The van der Waals surface area contributed by atoms with Crippen LogP contribution < -0.4 is 4.90 Å². The molecule has 37 heavy (non-hydrogen) atoms. The second-order valence-corrected chi connectivity index (χ2v) is 9.25. The van der Waals surface area contributed by atoms with E-state index in [1.54, 1.807) is 12.1 Å². The summed E-state index contributed by atoms with van der Waals surface area (Å²) in [6, 6.07) is 28.9. The van der Waals surface area contributed by atoms with E-state index < -0.39 is 0 Å². The van der Waals surface area contributed by atoms with Crippen molar-refractivity contribution in [2.24, 2.45) is 0 Å². The van der Waals surface area contributed by atoms with Crippen molar-refractivity contribution < 1.29 is 9.50 Å². The SMILES string of the molecule is OCCN1CCN(c2cc(-c3ccccc3)nc3c(-c4cccc(F)c4)c(-c4ccccc4)nn23)CC1. The number of rotatable bonds is 6. The summed E-state index contributed by atoms with van der Waals surface area (Å²) in [5.74, 6) is 0.655. The number of benzene rings is 3. The molecule has 0 aliphatic carbocycles. The molecule has 1 aliphatic rings. The summed E-state index contributed by atoms with van der Waals surface area (Å²) in [5.41, 5.74) is 5.82. The van der Waals surface area contributed by atoms with Gasteiger partial charge in [-0.3, -0.25) is 4.90 Å². The van der Waals surface area contributed by atoms with Crippen LogP contribution in [0.4, 0.5) is 10.2 Å². The number of hydrogen-bond acceptors (Lipinski definition) is 5. The molecule has 0 atom stereocenters. The highest BCUT2D eigenvalue weighted by molar-refractivity contribution is 5.92. The summed E-state index contributed by atoms with van der Waals surface area (Å²) in [5, 5.41) is 14.5. The minimum atomic E-state index is -0.296. The third-order valence-electron chi connectivity index (χ3n) is 6.91. The number of halogens is 1. The van der Waals surface area contributed by atoms with Gasteiger partial charge in [0, 0.05) is 49.9 Å². The Bertz CT molecular complexity index is 1510. The van der Waals surface area contributed by atoms with E-state index in [2.05, 4.69) is 28.0 Å². The Labute approximate surface area is 215 Å². The molecule has 0 unspecified atom stereocenters. The Morgan fingerprint density at radius 2 is 1.43 bits per heavy atom. The highest BCUT2D eigenvalue weighted by Gasteiger charge is 2.25. The lowest BCUT2D eigenvalue weighted by atomic mass is 10.0. The molecule has 0 amide bonds. The molecule has 186 valence electrons. The molecule has 0 saturated carbocycles. The molecule has 0 radical (unpaired) electrons. The summed E-state index contributed by atoms with van der Waals surface area (Å²) in [6.45, 7) is 4.17. The molecule has 1 fully saturated rings. The monoisotopic (exact) mass is 493 g/mol. The van der Waals surface area contributed by atoms with Gasteiger partial charge in [-0.15, -0.1) is 0 Å². The highest BCUT2D eigenvalue weighted by Crippen LogP contribution is 2.38. The van der Waals surface area contributed by atoms with Gasteiger partial charge < -0.3 is 10.0 Å². The van der Waals surface area contributed by atoms with Gasteiger partial charge in [0.2, 0.25) is 0 Å². The predicted molar refractivity (Wildman–Crippen MR) is 145 cm³/mol. The van der Waals surface area contributed by atoms with Crippen LogP contribution in [0.5, 0.6) is 0 Å². The fraction of sp³-hybridized carbons (Fsp3) is 0.200. The zero-order valence-electron chi connectivity index (χ0n) is 20.5. The fourth-order valence-electron chi connectivity index (χ4n) is 5.03. The van der Waals surface area contributed by atoms with Crippen LogP contribution in [0, 0.1) is 5.82 Å². The molecular weight excluding hydrogens is 465 g/mol. The average molecular weight is 494 g/mol. The zero-order chi connectivity index (χ0) is 25.2. The number of fused-ring (bicyclic) bond motifs is 1. The summed E-state index contributed by atoms with van der Waals surface area (Å²) in [4.78, 5) is 9.70. The van der Waals surface area contributed by atoms with Gasteiger partial charge in [-0.1, -0.05) is 72.8 Å². The number of nitrogens with zero attached hydrogens (tertiary/aromatic N) is 5. The molecule has 3 heterocycles. The highest BCUT2D eigenvalue weighted by atomic mass is 19.1. The van der Waals surface area contributed by atoms with Gasteiger partial charge >= 0.3 is 0 Å². The summed E-state index contributed by atoms with van der Waals surface area (Å²) in [7, 11) is 0. The Morgan fingerprint density at radius 1 is 0.757 bits per heavy atom. The Morgan fingerprint density at radius 3 is 2.11 bits per heavy atom. The van der Waals surface area contributed by atoms with Gasteiger partial charge in [-0.2, -0.15) is 9.61 Å². The van der Waals surface area contributed by atoms with Crippen LogP contribution in [-0.4, -0.2) is 63.9 Å². The van der Waals surface area contributed by atoms with E-state index in [4.69, 9.17) is 10.1 Å². The van der Waals surface area contributed by atoms with E-state index in [0.29, 0.717) is 12.2 Å². The topological polar surface area (TPSA) is 56.9 Å². The van der Waals surface area contributed by atoms with Crippen molar-refractivity contribution in [3.63, 3.8) is 0 Å². The van der Waals surface area contributed by atoms with Crippen molar-refractivity contribution in [1.29, 1.82) is 0 Å². The molecule has 6 rings (SSSR count). The predicted octanol–water partition coefficient (Wildman–Crippen LogP) is 4.98. The van der Waals surface area contributed by atoms with Crippen LogP contribution in [-0.2, 0) is 0 Å². The van der Waals surface area contributed by atoms with E-state index in [1.807, 2.05) is 59.1 Å². The van der Waals surface area contributed by atoms with Crippen LogP contribution in [0.3, 0.4) is 0 Å². The molecule has 7 heteroatoms. The molecule has 0 spiro atoms. The lowest BCUT2D eigenvalue weighted by Crippen LogP contribution is -2.47. The maximum atomic E-state index is 14.4. The Balaban J connectivity index is 1.60. The van der Waals surface area contributed by atoms with Crippen LogP contribution >= 0.6 is 0 Å². The van der Waals surface area contributed by atoms with Crippen LogP contribution in [0.15, 0.2) is 91.0 Å². The summed E-state index contributed by atoms with van der Waals surface area (Å²) in [6.07, 6.45) is 0. The van der Waals surface area contributed by atoms with Gasteiger partial charge in [0.15, 0.2) is 5.65 Å². The zero-order valence-corrected chi connectivity index (χ0v) is 20.5. The lowest BCUT2D eigenvalue weighted by molar-refractivity contribution is 0.188. The van der Waals surface area contributed by atoms with Crippen molar-refractivity contribution >= 4 is 11.5 Å². The first kappa shape index (κ1) is 23.3. The number of anilines is 1. The molecule has 1 aliphatic heterocycles. The molecule has 2 aromatic heterocycles. The van der Waals surface area contributed by atoms with Crippen molar-refractivity contribution in [3.05, 3.63) is 96.8 Å². The number of aliphatic hydroxyl groups excluding tert-OH is 1. The second kappa shape index (κ2) is 10.1. The van der Waals surface area contributed by atoms with Crippen LogP contribution in [0.25, 0.3) is 39.3 Å². The average Bonchev–Trinajstić information content (AvgIpc) is 3.34. The molecule has 6 nitrogen and oxygen atoms in total. The van der Waals surface area contributed by atoms with E-state index in [0.717, 1.165) is 65.6 Å². The van der Waals surface area contributed by atoms with Gasteiger partial charge in [0.1, 0.15) is 17.3 Å². The number of β-amino-alcohol motifs (C(OH)–C–C–N with tert-alkyl or cyclic N) is 1. The van der Waals surface area contributed by atoms with Gasteiger partial charge in [-0.25, -0.2) is 9.37 Å². The minimum Gasteiger partial charge on any atom is -0.395 e. The standard InChI is InChI=1S/C30H28FN5O/c31-25-13-7-12-24(20-25)28-29(23-10-5-2-6-11-23)33-36-27(35-16-14-34(15-17-35)18-19-37)21-26(32-30(28)36)22-8-3-1-4-9-22/h1-13,20-21,37H,14-19H2. The fourth-order valence-corrected chi connectivity index (χ4v) is 5.03. The number of aromatic nitrogens is 3. The van der Waals surface area contributed by atoms with Crippen molar-refractivity contribution in [1.82, 2.24) is 19.5 Å². The number of piperazine rings is 1. The molecule has 0 bridgehead atoms. The molecule has 5 aromatic rings. The largest absolute Gasteiger partial charge is 0.395 e. The van der Waals surface area contributed by atoms with Crippen LogP contribution in [0.2, 0.25) is 0 Å². The third-order valence-corrected chi connectivity index (χ3v) is 6.91. The molecule has 3 aromatic carbocycles. The minimum absolute atomic E-state index is 0.161.